The normalized spacial score (nSPS) is 0. The molecule has 0 aromatic heterocycles. The van der Waals surface area contributed by atoms with Crippen LogP contribution in [-0.2, 0) is 52.4 Å². The Morgan fingerprint density at radius 2 is 0.500 bits per heavy atom. The number of hydrogen-bond donors (Lipinski definition) is 0. The molecule has 0 bridgehead atoms. The summed E-state index contributed by atoms with van der Waals surface area (Å²) in [5.74, 6) is 0. The molecule has 38 valence electrons. The Morgan fingerprint density at radius 1 is 0.500 bits per heavy atom. The second kappa shape index (κ2) is 57.7. The summed E-state index contributed by atoms with van der Waals surface area (Å²) in [5.41, 5.74) is 0. The molecule has 0 unspecified atom stereocenters. The van der Waals surface area contributed by atoms with E-state index in [4.69, 9.17) is 0 Å². The van der Waals surface area contributed by atoms with E-state index in [1.807, 2.05) is 0 Å². The maximum absolute atomic E-state index is 0. The van der Waals surface area contributed by atoms with Crippen LogP contribution in [0.1, 0.15) is 0 Å². The molecule has 0 aliphatic heterocycles. The minimum absolute atomic E-state index is 0. The fraction of sp³-hybridized carbons (Fsp3) is 0. The molecule has 0 aliphatic carbocycles. The van der Waals surface area contributed by atoms with Gasteiger partial charge in [-0.2, -0.15) is 0 Å². The summed E-state index contributed by atoms with van der Waals surface area (Å²) in [7, 11) is 0. The van der Waals surface area contributed by atoms with Gasteiger partial charge in [-0.05, 0) is 0 Å². The number of rotatable bonds is 0. The van der Waals surface area contributed by atoms with Crippen molar-refractivity contribution >= 4 is 17.4 Å². The van der Waals surface area contributed by atoms with Gasteiger partial charge in [0, 0.05) is 52.4 Å². The van der Waals surface area contributed by atoms with E-state index in [2.05, 4.69) is 0 Å². The quantitative estimate of drug-likeness (QED) is 0.404. The van der Waals surface area contributed by atoms with Crippen LogP contribution in [0.15, 0.2) is 0 Å². The van der Waals surface area contributed by atoms with Gasteiger partial charge in [0.2, 0.25) is 0 Å². The van der Waals surface area contributed by atoms with Crippen LogP contribution in [0.4, 0.5) is 0 Å². The summed E-state index contributed by atoms with van der Waals surface area (Å²) < 4.78 is 0. The van der Waals surface area contributed by atoms with Crippen LogP contribution in [0.2, 0.25) is 0 Å². The van der Waals surface area contributed by atoms with E-state index in [-0.39, 0.29) is 86.2 Å². The van der Waals surface area contributed by atoms with E-state index in [0.29, 0.717) is 0 Å². The molecule has 6 heavy (non-hydrogen) atoms. The molecule has 0 amide bonds. The monoisotopic (exact) mass is 264 g/mol. The first-order valence-corrected chi connectivity index (χ1v) is 0. The molecule has 0 spiro atoms. The smallest absolute Gasteiger partial charge is 0.187 e. The van der Waals surface area contributed by atoms with Gasteiger partial charge in [-0.25, -0.2) is 0 Å². The van der Waals surface area contributed by atoms with Gasteiger partial charge in [0.25, 0.3) is 0 Å². The van der Waals surface area contributed by atoms with Gasteiger partial charge in [0.1, 0.15) is 0 Å². The predicted molar refractivity (Wildman–Crippen MR) is 20.8 cm³/mol. The maximum atomic E-state index is 0. The second-order valence-corrected chi connectivity index (χ2v) is 0. The molecule has 0 aromatic rings. The van der Waals surface area contributed by atoms with Crippen LogP contribution in [0.5, 0.6) is 0 Å². The Bertz CT molecular complexity index is 8.75. The fourth-order valence-electron chi connectivity index (χ4n) is 0. The van der Waals surface area contributed by atoms with Gasteiger partial charge in [-0.1, -0.05) is 0 Å². The van der Waals surface area contributed by atoms with Crippen LogP contribution in [-0.4, -0.2) is 33.8 Å². The van der Waals surface area contributed by atoms with Crippen molar-refractivity contribution in [1.29, 1.82) is 0 Å². The SMILES string of the molecule is O.O.O.[AlH3].[Zr].[Zr]. The largest absolute Gasteiger partial charge is 0.412 e. The molecule has 0 atom stereocenters. The van der Waals surface area contributed by atoms with Crippen molar-refractivity contribution in [3.63, 3.8) is 0 Å². The van der Waals surface area contributed by atoms with E-state index in [0.717, 1.165) is 0 Å². The van der Waals surface area contributed by atoms with E-state index >= 15 is 0 Å². The second-order valence-electron chi connectivity index (χ2n) is 0. The zero-order chi connectivity index (χ0) is 0. The molecule has 0 heterocycles. The molecule has 0 fully saturated rings. The average molecular weight is 266 g/mol. The Balaban J connectivity index is 0. The average Bonchev–Trinajstić information content (AvgIpc) is 0. The standard InChI is InChI=1S/Al.3H2O.2Zr.3H/h;3*1H2;;;;;. The van der Waals surface area contributed by atoms with Crippen LogP contribution >= 0.6 is 0 Å². The predicted octanol–water partition coefficient (Wildman–Crippen LogP) is -3.66. The summed E-state index contributed by atoms with van der Waals surface area (Å²) in [6.07, 6.45) is 0. The summed E-state index contributed by atoms with van der Waals surface area (Å²) >= 11 is 0. The summed E-state index contributed by atoms with van der Waals surface area (Å²) in [4.78, 5) is 0. The first-order chi connectivity index (χ1) is 0. The molecular weight excluding hydrogens is 257 g/mol. The Kier molecular flexibility index (Phi) is 854. The maximum Gasteiger partial charge on any atom is 0.187 e. The first kappa shape index (κ1) is 88.8. The van der Waals surface area contributed by atoms with Crippen molar-refractivity contribution in [1.82, 2.24) is 0 Å². The zero-order valence-corrected chi connectivity index (χ0v) is 7.42. The summed E-state index contributed by atoms with van der Waals surface area (Å²) in [6.45, 7) is 0. The molecule has 0 saturated heterocycles. The Labute approximate surface area is 85.2 Å². The molecule has 0 aliphatic rings. The van der Waals surface area contributed by atoms with Crippen LogP contribution in [0, 0.1) is 0 Å². The molecule has 0 aromatic carbocycles. The third-order valence-electron chi connectivity index (χ3n) is 0. The summed E-state index contributed by atoms with van der Waals surface area (Å²) in [5, 5.41) is 0. The zero-order valence-electron chi connectivity index (χ0n) is 2.50. The minimum Gasteiger partial charge on any atom is -0.412 e. The molecule has 6 heteroatoms. The van der Waals surface area contributed by atoms with Gasteiger partial charge >= 0.3 is 0 Å². The van der Waals surface area contributed by atoms with Gasteiger partial charge in [-0.15, -0.1) is 0 Å². The van der Waals surface area contributed by atoms with Crippen LogP contribution in [0.25, 0.3) is 0 Å². The van der Waals surface area contributed by atoms with Crippen molar-refractivity contribution < 1.29 is 68.8 Å². The molecule has 0 radical (unpaired) electrons. The number of hydrogen-bond acceptors (Lipinski definition) is 0. The van der Waals surface area contributed by atoms with E-state index in [1.54, 1.807) is 0 Å². The third-order valence-corrected chi connectivity index (χ3v) is 0. The fourth-order valence-corrected chi connectivity index (χ4v) is 0. The van der Waals surface area contributed by atoms with Crippen LogP contribution < -0.4 is 0 Å². The van der Waals surface area contributed by atoms with E-state index in [1.165, 1.54) is 0 Å². The van der Waals surface area contributed by atoms with Crippen molar-refractivity contribution in [2.75, 3.05) is 0 Å². The van der Waals surface area contributed by atoms with Crippen LogP contribution in [0.3, 0.4) is 0 Å². The molecule has 0 rings (SSSR count). The first-order valence-electron chi connectivity index (χ1n) is 0. The molecular formula is H9AlO3Zr2. The van der Waals surface area contributed by atoms with Crippen molar-refractivity contribution in [3.8, 4) is 0 Å². The third kappa shape index (κ3) is 34.9. The van der Waals surface area contributed by atoms with Crippen molar-refractivity contribution in [2.45, 2.75) is 0 Å². The van der Waals surface area contributed by atoms with Crippen molar-refractivity contribution in [2.24, 2.45) is 0 Å². The van der Waals surface area contributed by atoms with Gasteiger partial charge < -0.3 is 16.4 Å². The van der Waals surface area contributed by atoms with E-state index in [9.17, 15) is 0 Å². The van der Waals surface area contributed by atoms with Gasteiger partial charge in [-0.3, -0.25) is 0 Å². The molecule has 3 nitrogen and oxygen atoms in total. The molecule has 0 saturated carbocycles. The van der Waals surface area contributed by atoms with E-state index < -0.39 is 0 Å². The minimum atomic E-state index is 0. The topological polar surface area (TPSA) is 94.5 Å². The van der Waals surface area contributed by atoms with Crippen molar-refractivity contribution in [3.05, 3.63) is 0 Å². The Morgan fingerprint density at radius 3 is 0.500 bits per heavy atom. The van der Waals surface area contributed by atoms with Gasteiger partial charge in [0.15, 0.2) is 17.4 Å². The molecule has 6 N–H and O–H groups in total. The Hall–Kier alpha value is 2.18. The summed E-state index contributed by atoms with van der Waals surface area (Å²) in [6, 6.07) is 0. The van der Waals surface area contributed by atoms with Gasteiger partial charge in [0.05, 0.1) is 0 Å².